The van der Waals surface area contributed by atoms with Crippen molar-refractivity contribution in [3.63, 3.8) is 0 Å². The van der Waals surface area contributed by atoms with E-state index >= 15 is 0 Å². The number of hydrogen-bond acceptors (Lipinski definition) is 4. The first-order valence-corrected chi connectivity index (χ1v) is 6.78. The van der Waals surface area contributed by atoms with Gasteiger partial charge in [0.15, 0.2) is 0 Å². The summed E-state index contributed by atoms with van der Waals surface area (Å²) in [6, 6.07) is 12.3. The zero-order chi connectivity index (χ0) is 15.8. The first kappa shape index (κ1) is 15.5. The third kappa shape index (κ3) is 4.59. The van der Waals surface area contributed by atoms with Gasteiger partial charge in [-0.05, 0) is 23.8 Å². The first-order chi connectivity index (χ1) is 10.7. The molecule has 0 saturated heterocycles. The lowest BCUT2D eigenvalue weighted by molar-refractivity contribution is -0.120. The second-order valence-electron chi connectivity index (χ2n) is 4.53. The van der Waals surface area contributed by atoms with Gasteiger partial charge in [-0.25, -0.2) is 4.98 Å². The Morgan fingerprint density at radius 1 is 1.14 bits per heavy atom. The van der Waals surface area contributed by atoms with E-state index in [4.69, 9.17) is 4.74 Å². The average Bonchev–Trinajstić information content (AvgIpc) is 2.58. The molecule has 0 aliphatic heterocycles. The fraction of sp³-hybridized carbons (Fsp3) is 0.188. The Morgan fingerprint density at radius 2 is 1.91 bits per heavy atom. The molecule has 2 rings (SSSR count). The molecule has 0 fully saturated rings. The molecule has 1 aromatic heterocycles. The highest BCUT2D eigenvalue weighted by molar-refractivity contribution is 5.96. The maximum absolute atomic E-state index is 11.8. The quantitative estimate of drug-likeness (QED) is 0.838. The molecule has 0 bridgehead atoms. The molecular formula is C16H17N3O3. The maximum Gasteiger partial charge on any atom is 0.251 e. The number of amides is 2. The van der Waals surface area contributed by atoms with Crippen molar-refractivity contribution in [2.45, 2.75) is 6.54 Å². The highest BCUT2D eigenvalue weighted by Gasteiger charge is 2.07. The molecule has 0 unspecified atom stereocenters. The van der Waals surface area contributed by atoms with E-state index in [1.54, 1.807) is 42.6 Å². The molecule has 2 N–H and O–H groups in total. The minimum Gasteiger partial charge on any atom is -0.481 e. The van der Waals surface area contributed by atoms with E-state index in [1.165, 1.54) is 7.11 Å². The van der Waals surface area contributed by atoms with Crippen molar-refractivity contribution in [3.8, 4) is 5.88 Å². The van der Waals surface area contributed by atoms with Crippen LogP contribution in [-0.2, 0) is 11.3 Å². The van der Waals surface area contributed by atoms with Gasteiger partial charge in [-0.2, -0.15) is 0 Å². The van der Waals surface area contributed by atoms with Gasteiger partial charge in [-0.3, -0.25) is 9.59 Å². The highest BCUT2D eigenvalue weighted by atomic mass is 16.5. The number of pyridine rings is 1. The summed E-state index contributed by atoms with van der Waals surface area (Å²) in [5.41, 5.74) is 1.39. The Kier molecular flexibility index (Phi) is 5.48. The second-order valence-corrected chi connectivity index (χ2v) is 4.53. The van der Waals surface area contributed by atoms with E-state index in [-0.39, 0.29) is 18.4 Å². The molecule has 114 valence electrons. The van der Waals surface area contributed by atoms with E-state index < -0.39 is 0 Å². The Balaban J connectivity index is 1.77. The number of nitrogens with one attached hydrogen (secondary N) is 2. The monoisotopic (exact) mass is 299 g/mol. The van der Waals surface area contributed by atoms with Crippen LogP contribution in [0.15, 0.2) is 48.7 Å². The molecule has 0 radical (unpaired) electrons. The molecule has 0 spiro atoms. The normalized spacial score (nSPS) is 9.86. The van der Waals surface area contributed by atoms with Gasteiger partial charge in [0.1, 0.15) is 0 Å². The lowest BCUT2D eigenvalue weighted by Gasteiger charge is -2.08. The van der Waals surface area contributed by atoms with Gasteiger partial charge in [-0.1, -0.05) is 18.2 Å². The van der Waals surface area contributed by atoms with Gasteiger partial charge in [0.05, 0.1) is 13.7 Å². The van der Waals surface area contributed by atoms with Gasteiger partial charge in [0.25, 0.3) is 5.91 Å². The van der Waals surface area contributed by atoms with Crippen LogP contribution in [0, 0.1) is 0 Å². The molecule has 0 atom stereocenters. The molecule has 0 aliphatic rings. The highest BCUT2D eigenvalue weighted by Crippen LogP contribution is 2.07. The number of carbonyl (C=O) groups excluding carboxylic acids is 2. The van der Waals surface area contributed by atoms with Crippen LogP contribution in [0.25, 0.3) is 0 Å². The number of aromatic nitrogens is 1. The lowest BCUT2D eigenvalue weighted by atomic mass is 10.2. The summed E-state index contributed by atoms with van der Waals surface area (Å²) in [6.45, 7) is 0.273. The number of carbonyl (C=O) groups is 2. The van der Waals surface area contributed by atoms with E-state index in [1.807, 2.05) is 6.07 Å². The molecule has 2 amide bonds. The number of hydrogen-bond donors (Lipinski definition) is 2. The molecule has 2 aromatic rings. The van der Waals surface area contributed by atoms with Crippen molar-refractivity contribution in [3.05, 3.63) is 59.8 Å². The summed E-state index contributed by atoms with van der Waals surface area (Å²) in [5.74, 6) is -0.0504. The summed E-state index contributed by atoms with van der Waals surface area (Å²) < 4.78 is 5.01. The van der Waals surface area contributed by atoms with Crippen LogP contribution in [0.1, 0.15) is 15.9 Å². The molecule has 6 heteroatoms. The van der Waals surface area contributed by atoms with Gasteiger partial charge in [-0.15, -0.1) is 0 Å². The molecule has 1 heterocycles. The van der Waals surface area contributed by atoms with Crippen molar-refractivity contribution in [2.75, 3.05) is 13.7 Å². The van der Waals surface area contributed by atoms with E-state index in [0.717, 1.165) is 5.56 Å². The largest absolute Gasteiger partial charge is 0.481 e. The Labute approximate surface area is 128 Å². The Morgan fingerprint density at radius 3 is 2.64 bits per heavy atom. The van der Waals surface area contributed by atoms with Crippen LogP contribution in [0.2, 0.25) is 0 Å². The van der Waals surface area contributed by atoms with Crippen molar-refractivity contribution < 1.29 is 14.3 Å². The number of rotatable bonds is 6. The van der Waals surface area contributed by atoms with Crippen molar-refractivity contribution in [1.82, 2.24) is 15.6 Å². The topological polar surface area (TPSA) is 80.3 Å². The van der Waals surface area contributed by atoms with E-state index in [2.05, 4.69) is 15.6 Å². The van der Waals surface area contributed by atoms with Crippen molar-refractivity contribution >= 4 is 11.8 Å². The third-order valence-electron chi connectivity index (χ3n) is 2.94. The summed E-state index contributed by atoms with van der Waals surface area (Å²) in [4.78, 5) is 27.5. The number of methoxy groups -OCH3 is 1. The molecule has 0 saturated carbocycles. The van der Waals surface area contributed by atoms with Crippen LogP contribution in [-0.4, -0.2) is 30.5 Å². The summed E-state index contributed by atoms with van der Waals surface area (Å²) in [6.07, 6.45) is 1.61. The fourth-order valence-electron chi connectivity index (χ4n) is 1.79. The van der Waals surface area contributed by atoms with Gasteiger partial charge < -0.3 is 15.4 Å². The summed E-state index contributed by atoms with van der Waals surface area (Å²) in [7, 11) is 1.53. The summed E-state index contributed by atoms with van der Waals surface area (Å²) >= 11 is 0. The van der Waals surface area contributed by atoms with Crippen LogP contribution < -0.4 is 15.4 Å². The maximum atomic E-state index is 11.8. The Bertz CT molecular complexity index is 644. The number of benzene rings is 1. The predicted molar refractivity (Wildman–Crippen MR) is 81.4 cm³/mol. The first-order valence-electron chi connectivity index (χ1n) is 6.78. The minimum atomic E-state index is -0.277. The van der Waals surface area contributed by atoms with Crippen LogP contribution in [0.5, 0.6) is 5.88 Å². The Hall–Kier alpha value is -2.89. The average molecular weight is 299 g/mol. The summed E-state index contributed by atoms with van der Waals surface area (Å²) in [5, 5.41) is 5.29. The van der Waals surface area contributed by atoms with Gasteiger partial charge in [0.2, 0.25) is 11.8 Å². The minimum absolute atomic E-state index is 0.0735. The molecule has 6 nitrogen and oxygen atoms in total. The molecule has 22 heavy (non-hydrogen) atoms. The molecular weight excluding hydrogens is 282 g/mol. The van der Waals surface area contributed by atoms with E-state index in [9.17, 15) is 9.59 Å². The van der Waals surface area contributed by atoms with Crippen LogP contribution >= 0.6 is 0 Å². The standard InChI is InChI=1S/C16H17N3O3/c1-22-15-9-12(7-8-17-15)10-18-14(20)11-19-16(21)13-5-3-2-4-6-13/h2-9H,10-11H2,1H3,(H,18,20)(H,19,21). The smallest absolute Gasteiger partial charge is 0.251 e. The third-order valence-corrected chi connectivity index (χ3v) is 2.94. The van der Waals surface area contributed by atoms with Crippen molar-refractivity contribution in [2.24, 2.45) is 0 Å². The van der Waals surface area contributed by atoms with Crippen molar-refractivity contribution in [1.29, 1.82) is 0 Å². The predicted octanol–water partition coefficient (Wildman–Crippen LogP) is 1.14. The van der Waals surface area contributed by atoms with Gasteiger partial charge in [0, 0.05) is 24.4 Å². The zero-order valence-electron chi connectivity index (χ0n) is 12.2. The van der Waals surface area contributed by atoms with Crippen LogP contribution in [0.3, 0.4) is 0 Å². The van der Waals surface area contributed by atoms with Gasteiger partial charge >= 0.3 is 0 Å². The van der Waals surface area contributed by atoms with E-state index in [0.29, 0.717) is 18.0 Å². The van der Waals surface area contributed by atoms with Crippen LogP contribution in [0.4, 0.5) is 0 Å². The lowest BCUT2D eigenvalue weighted by Crippen LogP contribution is -2.36. The number of nitrogens with zero attached hydrogens (tertiary/aromatic N) is 1. The molecule has 0 aliphatic carbocycles. The SMILES string of the molecule is COc1cc(CNC(=O)CNC(=O)c2ccccc2)ccn1. The second kappa shape index (κ2) is 7.78. The molecule has 1 aromatic carbocycles. The number of ether oxygens (including phenoxy) is 1. The zero-order valence-corrected chi connectivity index (χ0v) is 12.2. The fourth-order valence-corrected chi connectivity index (χ4v) is 1.79.